The molecule has 0 saturated heterocycles. The minimum Gasteiger partial charge on any atom is -0.423 e. The normalized spacial score (nSPS) is 10.2. The molecular formula is C26H20BBrN2O2S2. The van der Waals surface area contributed by atoms with Crippen molar-refractivity contribution >= 4 is 71.4 Å². The van der Waals surface area contributed by atoms with Crippen LogP contribution in [0.4, 0.5) is 0 Å². The van der Waals surface area contributed by atoms with Gasteiger partial charge in [-0.3, -0.25) is 9.97 Å². The van der Waals surface area contributed by atoms with Crippen LogP contribution in [0.5, 0.6) is 0 Å². The van der Waals surface area contributed by atoms with Crippen molar-refractivity contribution < 1.29 is 10.0 Å². The Hall–Kier alpha value is -2.88. The molecule has 0 atom stereocenters. The zero-order valence-electron chi connectivity index (χ0n) is 18.0. The van der Waals surface area contributed by atoms with Crippen LogP contribution in [0, 0.1) is 0 Å². The van der Waals surface area contributed by atoms with Gasteiger partial charge in [0.2, 0.25) is 0 Å². The molecule has 4 aromatic heterocycles. The van der Waals surface area contributed by atoms with E-state index in [1.54, 1.807) is 34.8 Å². The van der Waals surface area contributed by atoms with E-state index >= 15 is 0 Å². The van der Waals surface area contributed by atoms with E-state index in [1.165, 1.54) is 48.2 Å². The second-order valence-electron chi connectivity index (χ2n) is 7.11. The second-order valence-corrected chi connectivity index (χ2v) is 9.80. The molecular weight excluding hydrogens is 527 g/mol. The summed E-state index contributed by atoms with van der Waals surface area (Å²) in [7, 11) is -1.38. The van der Waals surface area contributed by atoms with Crippen molar-refractivity contribution in [2.75, 3.05) is 0 Å². The van der Waals surface area contributed by atoms with Gasteiger partial charge >= 0.3 is 7.12 Å². The molecule has 4 heterocycles. The van der Waals surface area contributed by atoms with Gasteiger partial charge in [0.1, 0.15) is 0 Å². The van der Waals surface area contributed by atoms with Gasteiger partial charge in [-0.15, -0.1) is 22.7 Å². The number of hydrogen-bond donors (Lipinski definition) is 2. The lowest BCUT2D eigenvalue weighted by Gasteiger charge is -2.02. The summed E-state index contributed by atoms with van der Waals surface area (Å²) in [4.78, 5) is 7.75. The summed E-state index contributed by atoms with van der Waals surface area (Å²) >= 11 is 7.04. The predicted octanol–water partition coefficient (Wildman–Crippen LogP) is 6.39. The molecule has 0 amide bonds. The van der Waals surface area contributed by atoms with Gasteiger partial charge in [-0.1, -0.05) is 30.3 Å². The lowest BCUT2D eigenvalue weighted by atomic mass is 9.81. The highest BCUT2D eigenvalue weighted by Gasteiger charge is 2.08. The Morgan fingerprint density at radius 1 is 0.647 bits per heavy atom. The third-order valence-corrected chi connectivity index (χ3v) is 7.76. The molecule has 0 radical (unpaired) electrons. The number of nitrogens with zero attached hydrogens (tertiary/aromatic N) is 2. The van der Waals surface area contributed by atoms with Gasteiger partial charge in [-0.05, 0) is 96.5 Å². The molecule has 2 N–H and O–H groups in total. The highest BCUT2D eigenvalue weighted by atomic mass is 79.9. The first-order valence-corrected chi connectivity index (χ1v) is 12.9. The van der Waals surface area contributed by atoms with Crippen LogP contribution < -0.4 is 5.46 Å². The Morgan fingerprint density at radius 3 is 1.79 bits per heavy atom. The topological polar surface area (TPSA) is 66.2 Å². The van der Waals surface area contributed by atoms with Crippen LogP contribution in [-0.4, -0.2) is 27.1 Å². The van der Waals surface area contributed by atoms with Gasteiger partial charge < -0.3 is 10.0 Å². The Morgan fingerprint density at radius 2 is 1.21 bits per heavy atom. The van der Waals surface area contributed by atoms with Crippen molar-refractivity contribution in [1.82, 2.24) is 9.97 Å². The summed E-state index contributed by atoms with van der Waals surface area (Å²) in [6, 6.07) is 24.1. The van der Waals surface area contributed by atoms with Crippen LogP contribution in [0.15, 0.2) is 113 Å². The van der Waals surface area contributed by atoms with Crippen LogP contribution in [0.3, 0.4) is 0 Å². The third-order valence-electron chi connectivity index (χ3n) is 4.91. The lowest BCUT2D eigenvalue weighted by molar-refractivity contribution is 0.425. The van der Waals surface area contributed by atoms with Crippen LogP contribution in [0.2, 0.25) is 0 Å². The first kappa shape index (κ1) is 24.3. The number of thiophene rings is 2. The highest BCUT2D eigenvalue weighted by molar-refractivity contribution is 9.10. The van der Waals surface area contributed by atoms with Gasteiger partial charge in [0.15, 0.2) is 0 Å². The lowest BCUT2D eigenvalue weighted by Crippen LogP contribution is -2.29. The van der Waals surface area contributed by atoms with E-state index in [0.717, 1.165) is 0 Å². The van der Waals surface area contributed by atoms with E-state index in [9.17, 15) is 0 Å². The molecule has 0 saturated carbocycles. The summed E-state index contributed by atoms with van der Waals surface area (Å²) in [5, 5.41) is 24.0. The maximum Gasteiger partial charge on any atom is 0.488 e. The zero-order valence-corrected chi connectivity index (χ0v) is 21.2. The number of aromatic nitrogens is 2. The van der Waals surface area contributed by atoms with Crippen LogP contribution in [0.1, 0.15) is 0 Å². The van der Waals surface area contributed by atoms with E-state index in [1.807, 2.05) is 12.4 Å². The number of hydrogen-bond acceptors (Lipinski definition) is 6. The molecule has 4 nitrogen and oxygen atoms in total. The Kier molecular flexibility index (Phi) is 8.57. The van der Waals surface area contributed by atoms with Crippen LogP contribution in [-0.2, 0) is 0 Å². The van der Waals surface area contributed by atoms with Crippen molar-refractivity contribution in [3.8, 4) is 11.1 Å². The van der Waals surface area contributed by atoms with Gasteiger partial charge in [-0.25, -0.2) is 0 Å². The molecule has 0 spiro atoms. The van der Waals surface area contributed by atoms with Gasteiger partial charge in [-0.2, -0.15) is 0 Å². The van der Waals surface area contributed by atoms with Gasteiger partial charge in [0.05, 0.1) is 0 Å². The average molecular weight is 547 g/mol. The number of rotatable bonds is 2. The fourth-order valence-electron chi connectivity index (χ4n) is 3.24. The molecule has 2 aromatic carbocycles. The number of benzene rings is 2. The predicted molar refractivity (Wildman–Crippen MR) is 149 cm³/mol. The molecule has 0 fully saturated rings. The number of halogens is 1. The molecule has 6 aromatic rings. The molecule has 0 bridgehead atoms. The maximum atomic E-state index is 8.55. The van der Waals surface area contributed by atoms with Crippen molar-refractivity contribution in [2.45, 2.75) is 0 Å². The molecule has 0 aliphatic carbocycles. The molecule has 0 aliphatic heterocycles. The van der Waals surface area contributed by atoms with E-state index < -0.39 is 7.12 Å². The summed E-state index contributed by atoms with van der Waals surface area (Å²) in [5.74, 6) is 0. The molecule has 6 rings (SSSR count). The third kappa shape index (κ3) is 6.17. The van der Waals surface area contributed by atoms with Gasteiger partial charge in [0.25, 0.3) is 0 Å². The molecule has 8 heteroatoms. The summed E-state index contributed by atoms with van der Waals surface area (Å²) < 4.78 is 3.88. The first-order valence-electron chi connectivity index (χ1n) is 10.4. The van der Waals surface area contributed by atoms with E-state index in [0.29, 0.717) is 5.46 Å². The van der Waals surface area contributed by atoms with E-state index in [-0.39, 0.29) is 0 Å². The SMILES string of the molecule is Brc1cccc2ccsc12.OB(O)c1ccncc1.c1cc(-c2ccncc2)c2sccc2c1. The molecule has 0 aliphatic rings. The minimum atomic E-state index is -1.38. The average Bonchev–Trinajstić information content (AvgIpc) is 3.56. The summed E-state index contributed by atoms with van der Waals surface area (Å²) in [6.07, 6.45) is 6.69. The summed E-state index contributed by atoms with van der Waals surface area (Å²) in [5.41, 5.74) is 2.99. The largest absolute Gasteiger partial charge is 0.488 e. The van der Waals surface area contributed by atoms with E-state index in [2.05, 4.69) is 97.3 Å². The quantitative estimate of drug-likeness (QED) is 0.247. The Labute approximate surface area is 214 Å². The second kappa shape index (κ2) is 12.0. The van der Waals surface area contributed by atoms with Crippen molar-refractivity contribution in [3.63, 3.8) is 0 Å². The molecule has 168 valence electrons. The highest BCUT2D eigenvalue weighted by Crippen LogP contribution is 2.32. The molecule has 34 heavy (non-hydrogen) atoms. The van der Waals surface area contributed by atoms with E-state index in [4.69, 9.17) is 10.0 Å². The Balaban J connectivity index is 0.000000127. The first-order chi connectivity index (χ1) is 16.6. The van der Waals surface area contributed by atoms with Gasteiger partial charge in [0, 0.05) is 38.7 Å². The maximum absolute atomic E-state index is 8.55. The monoisotopic (exact) mass is 546 g/mol. The van der Waals surface area contributed by atoms with Crippen molar-refractivity contribution in [3.05, 3.63) is 113 Å². The molecule has 0 unspecified atom stereocenters. The van der Waals surface area contributed by atoms with Crippen molar-refractivity contribution in [2.24, 2.45) is 0 Å². The fraction of sp³-hybridized carbons (Fsp3) is 0. The van der Waals surface area contributed by atoms with Crippen LogP contribution in [0.25, 0.3) is 31.3 Å². The van der Waals surface area contributed by atoms with Crippen molar-refractivity contribution in [1.29, 1.82) is 0 Å². The smallest absolute Gasteiger partial charge is 0.423 e. The zero-order chi connectivity index (χ0) is 23.8. The Bertz CT molecular complexity index is 1460. The number of pyridine rings is 2. The van der Waals surface area contributed by atoms with Crippen LogP contribution >= 0.6 is 38.6 Å². The standard InChI is InChI=1S/C13H9NS.C8H5BrS.C5H6BNO2/c1-2-11-6-9-15-13(11)12(3-1)10-4-7-14-8-5-10;9-7-3-1-2-6-4-5-10-8(6)7;8-6(9)5-1-3-7-4-2-5/h1-9H;1-5H;1-4,8-9H. The minimum absolute atomic E-state index is 0.463. The summed E-state index contributed by atoms with van der Waals surface area (Å²) in [6.45, 7) is 0. The fourth-order valence-corrected chi connectivity index (χ4v) is 5.65. The number of fused-ring (bicyclic) bond motifs is 2.